The number of fused-ring (bicyclic) bond motifs is 4. The molecule has 0 unspecified atom stereocenters. The highest BCUT2D eigenvalue weighted by molar-refractivity contribution is 6.05. The van der Waals surface area contributed by atoms with Gasteiger partial charge in [-0.1, -0.05) is 0 Å². The molecule has 0 radical (unpaired) electrons. The van der Waals surface area contributed by atoms with Crippen molar-refractivity contribution in [1.29, 1.82) is 0 Å². The Bertz CT molecular complexity index is 1510. The Morgan fingerprint density at radius 1 is 0.931 bits per heavy atom. The number of aryl methyl sites for hydroxylation is 2. The summed E-state index contributed by atoms with van der Waals surface area (Å²) >= 11 is 0. The summed E-state index contributed by atoms with van der Waals surface area (Å²) in [6.07, 6.45) is -4.86. The van der Waals surface area contributed by atoms with Gasteiger partial charge in [-0.05, 0) is 24.3 Å². The minimum Gasteiger partial charge on any atom is -0.406 e. The van der Waals surface area contributed by atoms with Crippen molar-refractivity contribution >= 4 is 32.8 Å². The van der Waals surface area contributed by atoms with E-state index in [1.807, 2.05) is 0 Å². The average molecular weight is 406 g/mol. The van der Waals surface area contributed by atoms with E-state index < -0.39 is 28.9 Å². The standard InChI is InChI=1S/C18H13F3N4O4/c1-23-14-12(16(27)25(3)17(28)24(14)2)13-10(15(23)26)7-8-6-9(29-18(19,20)21)4-5-11(8)22-13/h4-7H,1-3H3. The Morgan fingerprint density at radius 2 is 1.62 bits per heavy atom. The Hall–Kier alpha value is -3.63. The first-order chi connectivity index (χ1) is 13.5. The van der Waals surface area contributed by atoms with E-state index in [1.165, 1.54) is 37.8 Å². The summed E-state index contributed by atoms with van der Waals surface area (Å²) in [6, 6.07) is 4.85. The summed E-state index contributed by atoms with van der Waals surface area (Å²) in [4.78, 5) is 42.2. The minimum atomic E-state index is -4.86. The third-order valence-electron chi connectivity index (χ3n) is 4.74. The molecule has 1 aromatic carbocycles. The van der Waals surface area contributed by atoms with Gasteiger partial charge in [-0.3, -0.25) is 23.3 Å². The van der Waals surface area contributed by atoms with Gasteiger partial charge in [0.05, 0.1) is 16.4 Å². The van der Waals surface area contributed by atoms with Crippen LogP contribution in [0.4, 0.5) is 13.2 Å². The van der Waals surface area contributed by atoms with Crippen molar-refractivity contribution in [2.45, 2.75) is 6.36 Å². The van der Waals surface area contributed by atoms with Crippen LogP contribution in [0.3, 0.4) is 0 Å². The lowest BCUT2D eigenvalue weighted by molar-refractivity contribution is -0.274. The normalized spacial score (nSPS) is 12.2. The second-order valence-corrected chi connectivity index (χ2v) is 6.56. The third-order valence-corrected chi connectivity index (χ3v) is 4.74. The molecule has 0 amide bonds. The molecule has 0 aliphatic carbocycles. The monoisotopic (exact) mass is 406 g/mol. The predicted octanol–water partition coefficient (Wildman–Crippen LogP) is 1.54. The summed E-state index contributed by atoms with van der Waals surface area (Å²) in [6.45, 7) is 0. The molecule has 4 rings (SSSR count). The van der Waals surface area contributed by atoms with Gasteiger partial charge < -0.3 is 4.74 Å². The van der Waals surface area contributed by atoms with Crippen LogP contribution in [-0.4, -0.2) is 25.0 Å². The number of pyridine rings is 2. The van der Waals surface area contributed by atoms with Crippen molar-refractivity contribution < 1.29 is 17.9 Å². The SMILES string of the molecule is Cn1c(=O)c2c3nc4ccc(OC(F)(F)F)cc4cc3c(=O)n(C)c2n(C)c1=O. The molecule has 29 heavy (non-hydrogen) atoms. The lowest BCUT2D eigenvalue weighted by Crippen LogP contribution is -2.39. The average Bonchev–Trinajstić information content (AvgIpc) is 2.65. The van der Waals surface area contributed by atoms with Gasteiger partial charge in [0.2, 0.25) is 0 Å². The number of hydrogen-bond acceptors (Lipinski definition) is 5. The second kappa shape index (κ2) is 5.93. The number of alkyl halides is 3. The molecule has 0 spiro atoms. The first-order valence-corrected chi connectivity index (χ1v) is 8.28. The van der Waals surface area contributed by atoms with Crippen molar-refractivity contribution in [3.05, 3.63) is 55.5 Å². The van der Waals surface area contributed by atoms with Crippen LogP contribution in [0.15, 0.2) is 38.6 Å². The summed E-state index contributed by atoms with van der Waals surface area (Å²) in [7, 11) is 4.14. The van der Waals surface area contributed by atoms with Gasteiger partial charge in [-0.15, -0.1) is 13.2 Å². The molecule has 8 nitrogen and oxygen atoms in total. The molecule has 0 atom stereocenters. The van der Waals surface area contributed by atoms with Gasteiger partial charge in [0.15, 0.2) is 0 Å². The highest BCUT2D eigenvalue weighted by Gasteiger charge is 2.31. The van der Waals surface area contributed by atoms with E-state index >= 15 is 0 Å². The van der Waals surface area contributed by atoms with Crippen LogP contribution < -0.4 is 21.5 Å². The van der Waals surface area contributed by atoms with Crippen LogP contribution in [0.1, 0.15) is 0 Å². The molecule has 4 aromatic rings. The molecule has 0 aliphatic heterocycles. The molecule has 0 bridgehead atoms. The van der Waals surface area contributed by atoms with Crippen LogP contribution in [0.25, 0.3) is 32.8 Å². The number of nitrogens with zero attached hydrogens (tertiary/aromatic N) is 4. The van der Waals surface area contributed by atoms with Gasteiger partial charge >= 0.3 is 12.1 Å². The smallest absolute Gasteiger partial charge is 0.406 e. The summed E-state index contributed by atoms with van der Waals surface area (Å²) in [5.74, 6) is -0.456. The molecule has 150 valence electrons. The lowest BCUT2D eigenvalue weighted by atomic mass is 10.1. The zero-order chi connectivity index (χ0) is 21.2. The fourth-order valence-corrected chi connectivity index (χ4v) is 3.42. The number of hydrogen-bond donors (Lipinski definition) is 0. The fraction of sp³-hybridized carbons (Fsp3) is 0.222. The zero-order valence-electron chi connectivity index (χ0n) is 15.4. The van der Waals surface area contributed by atoms with Gasteiger partial charge in [0.25, 0.3) is 11.1 Å². The van der Waals surface area contributed by atoms with Crippen LogP contribution in [0.2, 0.25) is 0 Å². The van der Waals surface area contributed by atoms with Gasteiger partial charge in [0.1, 0.15) is 16.8 Å². The Balaban J connectivity index is 2.19. The maximum absolute atomic E-state index is 12.8. The number of ether oxygens (including phenoxy) is 1. The van der Waals surface area contributed by atoms with Gasteiger partial charge in [0, 0.05) is 26.5 Å². The molecule has 0 N–H and O–H groups in total. The predicted molar refractivity (Wildman–Crippen MR) is 99.2 cm³/mol. The fourth-order valence-electron chi connectivity index (χ4n) is 3.42. The number of halogens is 3. The third kappa shape index (κ3) is 2.77. The first kappa shape index (κ1) is 18.7. The summed E-state index contributed by atoms with van der Waals surface area (Å²) < 4.78 is 44.6. The van der Waals surface area contributed by atoms with Crippen molar-refractivity contribution in [3.8, 4) is 5.75 Å². The van der Waals surface area contributed by atoms with E-state index in [0.29, 0.717) is 0 Å². The van der Waals surface area contributed by atoms with Crippen LogP contribution in [0, 0.1) is 0 Å². The highest BCUT2D eigenvalue weighted by atomic mass is 19.4. The molecule has 0 saturated heterocycles. The molecular weight excluding hydrogens is 393 g/mol. The Kier molecular flexibility index (Phi) is 3.83. The van der Waals surface area contributed by atoms with E-state index in [0.717, 1.165) is 21.3 Å². The molecule has 3 heterocycles. The largest absolute Gasteiger partial charge is 0.573 e. The van der Waals surface area contributed by atoms with Gasteiger partial charge in [-0.25, -0.2) is 9.78 Å². The number of aromatic nitrogens is 4. The second-order valence-electron chi connectivity index (χ2n) is 6.56. The minimum absolute atomic E-state index is 0.0346. The Labute approximate surface area is 159 Å². The number of benzene rings is 1. The van der Waals surface area contributed by atoms with Gasteiger partial charge in [-0.2, -0.15) is 0 Å². The van der Waals surface area contributed by atoms with Crippen LogP contribution in [-0.2, 0) is 21.1 Å². The van der Waals surface area contributed by atoms with Crippen molar-refractivity contribution in [1.82, 2.24) is 18.7 Å². The molecule has 0 aliphatic rings. The quantitative estimate of drug-likeness (QED) is 0.354. The van der Waals surface area contributed by atoms with E-state index in [2.05, 4.69) is 9.72 Å². The summed E-state index contributed by atoms with van der Waals surface area (Å²) in [5.41, 5.74) is -1.36. The Morgan fingerprint density at radius 3 is 2.28 bits per heavy atom. The maximum atomic E-state index is 12.8. The van der Waals surface area contributed by atoms with E-state index in [1.54, 1.807) is 0 Å². The van der Waals surface area contributed by atoms with Crippen molar-refractivity contribution in [2.75, 3.05) is 0 Å². The van der Waals surface area contributed by atoms with E-state index in [4.69, 9.17) is 0 Å². The number of rotatable bonds is 1. The molecule has 0 fully saturated rings. The van der Waals surface area contributed by atoms with Crippen molar-refractivity contribution in [2.24, 2.45) is 21.1 Å². The molecular formula is C18H13F3N4O4. The maximum Gasteiger partial charge on any atom is 0.573 e. The van der Waals surface area contributed by atoms with E-state index in [9.17, 15) is 27.6 Å². The zero-order valence-corrected chi connectivity index (χ0v) is 15.4. The van der Waals surface area contributed by atoms with E-state index in [-0.39, 0.29) is 32.8 Å². The highest BCUT2D eigenvalue weighted by Crippen LogP contribution is 2.28. The summed E-state index contributed by atoms with van der Waals surface area (Å²) in [5, 5.41) is 0.328. The first-order valence-electron chi connectivity index (χ1n) is 8.28. The topological polar surface area (TPSA) is 88.1 Å². The molecule has 11 heteroatoms. The lowest BCUT2D eigenvalue weighted by Gasteiger charge is -2.14. The van der Waals surface area contributed by atoms with Crippen LogP contribution in [0.5, 0.6) is 5.75 Å². The molecule has 0 saturated carbocycles. The van der Waals surface area contributed by atoms with Crippen LogP contribution >= 0.6 is 0 Å². The van der Waals surface area contributed by atoms with Crippen molar-refractivity contribution in [3.63, 3.8) is 0 Å². The molecule has 3 aromatic heterocycles.